The van der Waals surface area contributed by atoms with Gasteiger partial charge in [0, 0.05) is 18.9 Å². The van der Waals surface area contributed by atoms with Gasteiger partial charge in [-0.25, -0.2) is 4.98 Å². The Morgan fingerprint density at radius 1 is 1.22 bits per heavy atom. The molecule has 1 aromatic heterocycles. The summed E-state index contributed by atoms with van der Waals surface area (Å²) in [7, 11) is 0. The van der Waals surface area contributed by atoms with Gasteiger partial charge in [0.05, 0.1) is 6.20 Å². The Bertz CT molecular complexity index is 517. The zero-order valence-corrected chi connectivity index (χ0v) is 9.84. The van der Waals surface area contributed by atoms with Crippen LogP contribution in [0.2, 0.25) is 0 Å². The molecule has 0 aliphatic heterocycles. The first kappa shape index (κ1) is 11.9. The van der Waals surface area contributed by atoms with Gasteiger partial charge in [0.2, 0.25) is 0 Å². The number of nitrogens with one attached hydrogen (secondary N) is 1. The highest BCUT2D eigenvalue weighted by atomic mass is 16.5. The Morgan fingerprint density at radius 3 is 2.72 bits per heavy atom. The van der Waals surface area contributed by atoms with E-state index in [0.29, 0.717) is 6.54 Å². The van der Waals surface area contributed by atoms with Crippen LogP contribution in [0.15, 0.2) is 42.9 Å². The van der Waals surface area contributed by atoms with E-state index in [1.807, 2.05) is 24.3 Å². The lowest BCUT2D eigenvalue weighted by molar-refractivity contribution is 0.370. The Kier molecular flexibility index (Phi) is 4.15. The van der Waals surface area contributed by atoms with Crippen LogP contribution in [0.4, 0.5) is 5.82 Å². The van der Waals surface area contributed by atoms with Crippen molar-refractivity contribution >= 4 is 5.82 Å². The smallest absolute Gasteiger partial charge is 0.148 e. The van der Waals surface area contributed by atoms with Gasteiger partial charge in [-0.05, 0) is 17.7 Å². The fourth-order valence-corrected chi connectivity index (χ4v) is 1.41. The van der Waals surface area contributed by atoms with Crippen LogP contribution in [0.3, 0.4) is 0 Å². The standard InChI is InChI=1S/C14H13N3O/c1-2-9-18-13-5-3-12(4-6-13)10-17-14-11-15-7-8-16-14/h1,3-8,11H,9-10H2,(H,16,17). The zero-order valence-electron chi connectivity index (χ0n) is 9.84. The van der Waals surface area contributed by atoms with E-state index >= 15 is 0 Å². The molecule has 0 amide bonds. The minimum absolute atomic E-state index is 0.289. The highest BCUT2D eigenvalue weighted by Crippen LogP contribution is 2.12. The third-order valence-corrected chi connectivity index (χ3v) is 2.28. The summed E-state index contributed by atoms with van der Waals surface area (Å²) in [6, 6.07) is 7.75. The topological polar surface area (TPSA) is 47.0 Å². The van der Waals surface area contributed by atoms with Crippen molar-refractivity contribution in [3.05, 3.63) is 48.4 Å². The first-order valence-electron chi connectivity index (χ1n) is 5.53. The Balaban J connectivity index is 1.89. The quantitative estimate of drug-likeness (QED) is 0.812. The summed E-state index contributed by atoms with van der Waals surface area (Å²) in [5, 5.41) is 3.18. The lowest BCUT2D eigenvalue weighted by Crippen LogP contribution is -2.01. The molecule has 4 nitrogen and oxygen atoms in total. The maximum Gasteiger partial charge on any atom is 0.148 e. The summed E-state index contributed by atoms with van der Waals surface area (Å²) in [5.41, 5.74) is 1.13. The van der Waals surface area contributed by atoms with Crippen molar-refractivity contribution in [2.75, 3.05) is 11.9 Å². The predicted molar refractivity (Wildman–Crippen MR) is 70.1 cm³/mol. The number of hydrogen-bond acceptors (Lipinski definition) is 4. The van der Waals surface area contributed by atoms with Crippen molar-refractivity contribution < 1.29 is 4.74 Å². The van der Waals surface area contributed by atoms with Crippen molar-refractivity contribution in [2.45, 2.75) is 6.54 Å². The van der Waals surface area contributed by atoms with Gasteiger partial charge in [-0.15, -0.1) is 6.42 Å². The minimum Gasteiger partial charge on any atom is -0.481 e. The van der Waals surface area contributed by atoms with E-state index in [-0.39, 0.29) is 6.61 Å². The van der Waals surface area contributed by atoms with Crippen LogP contribution in [0.1, 0.15) is 5.56 Å². The van der Waals surface area contributed by atoms with Gasteiger partial charge in [-0.3, -0.25) is 4.98 Å². The summed E-state index contributed by atoms with van der Waals surface area (Å²) in [5.74, 6) is 3.96. The molecule has 4 heteroatoms. The monoisotopic (exact) mass is 239 g/mol. The largest absolute Gasteiger partial charge is 0.481 e. The number of benzene rings is 1. The number of aromatic nitrogens is 2. The molecule has 0 saturated carbocycles. The average molecular weight is 239 g/mol. The van der Waals surface area contributed by atoms with E-state index < -0.39 is 0 Å². The van der Waals surface area contributed by atoms with Crippen molar-refractivity contribution in [2.24, 2.45) is 0 Å². The van der Waals surface area contributed by atoms with Gasteiger partial charge in [0.25, 0.3) is 0 Å². The van der Waals surface area contributed by atoms with Gasteiger partial charge in [-0.1, -0.05) is 18.1 Å². The number of hydrogen-bond donors (Lipinski definition) is 1. The average Bonchev–Trinajstić information content (AvgIpc) is 2.45. The zero-order chi connectivity index (χ0) is 12.6. The van der Waals surface area contributed by atoms with E-state index in [2.05, 4.69) is 21.2 Å². The number of anilines is 1. The number of nitrogens with zero attached hydrogens (tertiary/aromatic N) is 2. The molecule has 0 spiro atoms. The van der Waals surface area contributed by atoms with Gasteiger partial charge in [0.15, 0.2) is 0 Å². The lowest BCUT2D eigenvalue weighted by Gasteiger charge is -2.06. The van der Waals surface area contributed by atoms with Crippen LogP contribution in [0.5, 0.6) is 5.75 Å². The van der Waals surface area contributed by atoms with Gasteiger partial charge < -0.3 is 10.1 Å². The minimum atomic E-state index is 0.289. The fraction of sp³-hybridized carbons (Fsp3) is 0.143. The highest BCUT2D eigenvalue weighted by Gasteiger charge is 1.96. The Labute approximate surface area is 106 Å². The molecule has 1 N–H and O–H groups in total. The molecule has 0 bridgehead atoms. The molecule has 1 heterocycles. The van der Waals surface area contributed by atoms with E-state index in [1.54, 1.807) is 18.6 Å². The van der Waals surface area contributed by atoms with Crippen molar-refractivity contribution in [1.29, 1.82) is 0 Å². The van der Waals surface area contributed by atoms with Crippen LogP contribution in [-0.2, 0) is 6.54 Å². The number of rotatable bonds is 5. The molecular formula is C14H13N3O. The maximum absolute atomic E-state index is 5.29. The molecule has 0 fully saturated rings. The molecule has 0 unspecified atom stereocenters. The molecule has 18 heavy (non-hydrogen) atoms. The normalized spacial score (nSPS) is 9.50. The molecule has 1 aromatic carbocycles. The van der Waals surface area contributed by atoms with Crippen molar-refractivity contribution in [1.82, 2.24) is 9.97 Å². The lowest BCUT2D eigenvalue weighted by atomic mass is 10.2. The van der Waals surface area contributed by atoms with E-state index in [4.69, 9.17) is 11.2 Å². The van der Waals surface area contributed by atoms with Crippen LogP contribution in [-0.4, -0.2) is 16.6 Å². The second-order valence-corrected chi connectivity index (χ2v) is 3.58. The molecule has 90 valence electrons. The first-order valence-corrected chi connectivity index (χ1v) is 5.53. The van der Waals surface area contributed by atoms with Gasteiger partial charge in [-0.2, -0.15) is 0 Å². The predicted octanol–water partition coefficient (Wildman–Crippen LogP) is 2.10. The molecular weight excluding hydrogens is 226 g/mol. The van der Waals surface area contributed by atoms with Crippen molar-refractivity contribution in [3.63, 3.8) is 0 Å². The maximum atomic E-state index is 5.29. The third kappa shape index (κ3) is 3.49. The summed E-state index contributed by atoms with van der Waals surface area (Å²) in [4.78, 5) is 8.11. The van der Waals surface area contributed by atoms with Gasteiger partial charge >= 0.3 is 0 Å². The molecule has 0 radical (unpaired) electrons. The van der Waals surface area contributed by atoms with E-state index in [9.17, 15) is 0 Å². The molecule has 0 atom stereocenters. The Hall–Kier alpha value is -2.54. The second-order valence-electron chi connectivity index (χ2n) is 3.58. The SMILES string of the molecule is C#CCOc1ccc(CNc2cnccn2)cc1. The summed E-state index contributed by atoms with van der Waals surface area (Å²) >= 11 is 0. The first-order chi connectivity index (χ1) is 8.88. The second kappa shape index (κ2) is 6.26. The summed E-state index contributed by atoms with van der Waals surface area (Å²) in [6.07, 6.45) is 10.1. The number of ether oxygens (including phenoxy) is 1. The van der Waals surface area contributed by atoms with Gasteiger partial charge in [0.1, 0.15) is 18.2 Å². The van der Waals surface area contributed by atoms with E-state index in [0.717, 1.165) is 17.1 Å². The molecule has 2 rings (SSSR count). The molecule has 0 saturated heterocycles. The van der Waals surface area contributed by atoms with Crippen LogP contribution >= 0.6 is 0 Å². The Morgan fingerprint density at radius 2 is 2.06 bits per heavy atom. The summed E-state index contributed by atoms with van der Waals surface area (Å²) < 4.78 is 5.29. The third-order valence-electron chi connectivity index (χ3n) is 2.28. The molecule has 2 aromatic rings. The van der Waals surface area contributed by atoms with Crippen molar-refractivity contribution in [3.8, 4) is 18.1 Å². The highest BCUT2D eigenvalue weighted by molar-refractivity contribution is 5.34. The van der Waals surface area contributed by atoms with E-state index in [1.165, 1.54) is 0 Å². The van der Waals surface area contributed by atoms with Crippen LogP contribution in [0, 0.1) is 12.3 Å². The molecule has 0 aliphatic rings. The number of terminal acetylenes is 1. The summed E-state index contributed by atoms with van der Waals surface area (Å²) in [6.45, 7) is 0.977. The van der Waals surface area contributed by atoms with Crippen LogP contribution < -0.4 is 10.1 Å². The van der Waals surface area contributed by atoms with Crippen LogP contribution in [0.25, 0.3) is 0 Å². The fourth-order valence-electron chi connectivity index (χ4n) is 1.41. The molecule has 0 aliphatic carbocycles.